The highest BCUT2D eigenvalue weighted by Crippen LogP contribution is 2.28. The number of oxime groups is 1. The van der Waals surface area contributed by atoms with Gasteiger partial charge in [0.25, 0.3) is 5.69 Å². The summed E-state index contributed by atoms with van der Waals surface area (Å²) in [5, 5.41) is 14.6. The summed E-state index contributed by atoms with van der Waals surface area (Å²) in [7, 11) is 0. The molecule has 0 saturated carbocycles. The largest absolute Gasteiger partial charge is 0.380 e. The lowest BCUT2D eigenvalue weighted by Crippen LogP contribution is -2.32. The monoisotopic (exact) mass is 279 g/mol. The smallest absolute Gasteiger partial charge is 0.269 e. The van der Waals surface area contributed by atoms with Gasteiger partial charge in [0.05, 0.1) is 11.5 Å². The van der Waals surface area contributed by atoms with Crippen molar-refractivity contribution in [2.45, 2.75) is 20.1 Å². The summed E-state index contributed by atoms with van der Waals surface area (Å²) in [5.41, 5.74) is 0.887. The van der Waals surface area contributed by atoms with Crippen LogP contribution in [0.4, 0.5) is 5.69 Å². The van der Waals surface area contributed by atoms with Crippen molar-refractivity contribution in [3.8, 4) is 0 Å². The number of non-ortho nitro benzene ring substituents is 1. The van der Waals surface area contributed by atoms with E-state index in [1.165, 1.54) is 12.1 Å². The van der Waals surface area contributed by atoms with E-state index in [1.54, 1.807) is 12.1 Å². The quantitative estimate of drug-likeness (QED) is 0.453. The van der Waals surface area contributed by atoms with E-state index < -0.39 is 4.92 Å². The predicted molar refractivity (Wildman–Crippen MR) is 73.2 cm³/mol. The molecule has 20 heavy (non-hydrogen) atoms. The topological polar surface area (TPSA) is 77.2 Å². The maximum absolute atomic E-state index is 10.6. The molecule has 1 aliphatic heterocycles. The lowest BCUT2D eigenvalue weighted by Gasteiger charge is -2.24. The highest BCUT2D eigenvalue weighted by atomic mass is 16.7. The minimum atomic E-state index is -0.423. The first-order valence-electron chi connectivity index (χ1n) is 6.42. The number of benzene rings is 1. The molecular weight excluding hydrogens is 262 g/mol. The summed E-state index contributed by atoms with van der Waals surface area (Å²) < 4.78 is 5.34. The van der Waals surface area contributed by atoms with E-state index in [4.69, 9.17) is 9.57 Å². The molecule has 0 aromatic heterocycles. The van der Waals surface area contributed by atoms with Gasteiger partial charge in [0, 0.05) is 30.8 Å². The Morgan fingerprint density at radius 1 is 1.45 bits per heavy atom. The Labute approximate surface area is 116 Å². The number of hydrogen-bond acceptors (Lipinski definition) is 6. The van der Waals surface area contributed by atoms with Crippen LogP contribution in [0, 0.1) is 10.1 Å². The third-order valence-corrected chi connectivity index (χ3v) is 3.05. The third kappa shape index (κ3) is 3.05. The molecule has 0 amide bonds. The number of nitro benzene ring substituents is 1. The molecule has 0 bridgehead atoms. The van der Waals surface area contributed by atoms with Crippen LogP contribution in [0.1, 0.15) is 25.6 Å². The number of rotatable bonds is 6. The van der Waals surface area contributed by atoms with Crippen LogP contribution in [0.5, 0.6) is 0 Å². The van der Waals surface area contributed by atoms with E-state index in [0.29, 0.717) is 19.8 Å². The van der Waals surface area contributed by atoms with Gasteiger partial charge in [-0.1, -0.05) is 5.16 Å². The highest BCUT2D eigenvalue weighted by molar-refractivity contribution is 5.80. The molecule has 2 rings (SSSR count). The van der Waals surface area contributed by atoms with Crippen LogP contribution in [-0.4, -0.2) is 35.4 Å². The van der Waals surface area contributed by atoms with Crippen LogP contribution in [0.3, 0.4) is 0 Å². The predicted octanol–water partition coefficient (Wildman–Crippen LogP) is 2.30. The van der Waals surface area contributed by atoms with Gasteiger partial charge in [-0.15, -0.1) is 0 Å². The molecule has 1 aromatic carbocycles. The molecule has 0 radical (unpaired) electrons. The van der Waals surface area contributed by atoms with E-state index in [2.05, 4.69) is 5.16 Å². The van der Waals surface area contributed by atoms with Crippen molar-refractivity contribution in [3.05, 3.63) is 39.9 Å². The van der Waals surface area contributed by atoms with E-state index in [-0.39, 0.29) is 11.9 Å². The van der Waals surface area contributed by atoms with Gasteiger partial charge in [-0.05, 0) is 26.0 Å². The van der Waals surface area contributed by atoms with Gasteiger partial charge in [-0.3, -0.25) is 10.1 Å². The first-order valence-corrected chi connectivity index (χ1v) is 6.42. The van der Waals surface area contributed by atoms with E-state index in [9.17, 15) is 10.1 Å². The van der Waals surface area contributed by atoms with Crippen molar-refractivity contribution in [3.63, 3.8) is 0 Å². The van der Waals surface area contributed by atoms with Gasteiger partial charge in [0.15, 0.2) is 0 Å². The SMILES string of the molecule is CCOCCN1C(C)=NOC1c1ccc([N+](=O)[O-])cc1. The second-order valence-electron chi connectivity index (χ2n) is 4.34. The van der Waals surface area contributed by atoms with E-state index >= 15 is 0 Å². The van der Waals surface area contributed by atoms with E-state index in [0.717, 1.165) is 11.4 Å². The molecule has 108 valence electrons. The third-order valence-electron chi connectivity index (χ3n) is 3.05. The number of hydrogen-bond donors (Lipinski definition) is 0. The van der Waals surface area contributed by atoms with Crippen LogP contribution in [0.15, 0.2) is 29.4 Å². The number of nitrogens with zero attached hydrogens (tertiary/aromatic N) is 3. The van der Waals surface area contributed by atoms with Gasteiger partial charge >= 0.3 is 0 Å². The lowest BCUT2D eigenvalue weighted by molar-refractivity contribution is -0.384. The van der Waals surface area contributed by atoms with Crippen LogP contribution in [-0.2, 0) is 9.57 Å². The molecule has 0 aliphatic carbocycles. The fourth-order valence-corrected chi connectivity index (χ4v) is 1.99. The first-order chi connectivity index (χ1) is 9.63. The fourth-order valence-electron chi connectivity index (χ4n) is 1.99. The second kappa shape index (κ2) is 6.33. The molecule has 1 heterocycles. The van der Waals surface area contributed by atoms with Crippen molar-refractivity contribution in [2.75, 3.05) is 19.8 Å². The van der Waals surface area contributed by atoms with Crippen molar-refractivity contribution >= 4 is 11.5 Å². The van der Waals surface area contributed by atoms with Crippen molar-refractivity contribution < 1.29 is 14.5 Å². The number of amidine groups is 1. The zero-order chi connectivity index (χ0) is 14.5. The first kappa shape index (κ1) is 14.3. The molecular formula is C13H17N3O4. The van der Waals surface area contributed by atoms with Crippen molar-refractivity contribution in [1.82, 2.24) is 4.90 Å². The lowest BCUT2D eigenvalue weighted by atomic mass is 10.1. The van der Waals surface area contributed by atoms with E-state index in [1.807, 2.05) is 18.7 Å². The summed E-state index contributed by atoms with van der Waals surface area (Å²) in [6.45, 7) is 5.70. The zero-order valence-corrected chi connectivity index (χ0v) is 11.5. The molecule has 0 spiro atoms. The maximum Gasteiger partial charge on any atom is 0.269 e. The summed E-state index contributed by atoms with van der Waals surface area (Å²) in [6.07, 6.45) is -0.351. The minimum absolute atomic E-state index is 0.0604. The summed E-state index contributed by atoms with van der Waals surface area (Å²) >= 11 is 0. The summed E-state index contributed by atoms with van der Waals surface area (Å²) in [4.78, 5) is 17.6. The maximum atomic E-state index is 10.6. The highest BCUT2D eigenvalue weighted by Gasteiger charge is 2.29. The Balaban J connectivity index is 2.08. The molecule has 1 aliphatic rings. The summed E-state index contributed by atoms with van der Waals surface area (Å²) in [5.74, 6) is 0.771. The van der Waals surface area contributed by atoms with Crippen LogP contribution >= 0.6 is 0 Å². The average Bonchev–Trinajstić information content (AvgIpc) is 2.81. The Morgan fingerprint density at radius 2 is 2.15 bits per heavy atom. The Hall–Kier alpha value is -2.15. The molecule has 0 saturated heterocycles. The molecule has 0 N–H and O–H groups in total. The van der Waals surface area contributed by atoms with Gasteiger partial charge in [0.2, 0.25) is 6.23 Å². The molecule has 7 heteroatoms. The van der Waals surface area contributed by atoms with Crippen LogP contribution in [0.2, 0.25) is 0 Å². The van der Waals surface area contributed by atoms with Crippen LogP contribution < -0.4 is 0 Å². The average molecular weight is 279 g/mol. The van der Waals surface area contributed by atoms with Crippen molar-refractivity contribution in [2.24, 2.45) is 5.16 Å². The number of nitro groups is 1. The molecule has 1 unspecified atom stereocenters. The molecule has 0 fully saturated rings. The Bertz CT molecular complexity index is 501. The molecule has 1 atom stereocenters. The van der Waals surface area contributed by atoms with Crippen molar-refractivity contribution in [1.29, 1.82) is 0 Å². The van der Waals surface area contributed by atoms with Gasteiger partial charge in [0.1, 0.15) is 5.84 Å². The Kier molecular flexibility index (Phi) is 4.52. The second-order valence-corrected chi connectivity index (χ2v) is 4.34. The normalized spacial score (nSPS) is 17.8. The standard InChI is InChI=1S/C13H17N3O4/c1-3-19-9-8-15-10(2)14-20-13(15)11-4-6-12(7-5-11)16(17)18/h4-7,13H,3,8-9H2,1-2H3. The molecule has 7 nitrogen and oxygen atoms in total. The Morgan fingerprint density at radius 3 is 2.75 bits per heavy atom. The van der Waals surface area contributed by atoms with Gasteiger partial charge in [-0.25, -0.2) is 0 Å². The molecule has 1 aromatic rings. The zero-order valence-electron chi connectivity index (χ0n) is 11.5. The van der Waals surface area contributed by atoms with Gasteiger partial charge < -0.3 is 14.5 Å². The fraction of sp³-hybridized carbons (Fsp3) is 0.462. The van der Waals surface area contributed by atoms with Crippen LogP contribution in [0.25, 0.3) is 0 Å². The summed E-state index contributed by atoms with van der Waals surface area (Å²) in [6, 6.07) is 6.30. The van der Waals surface area contributed by atoms with Gasteiger partial charge in [-0.2, -0.15) is 0 Å². The number of ether oxygens (including phenoxy) is 1. The minimum Gasteiger partial charge on any atom is -0.380 e.